The molecule has 0 spiro atoms. The molecule has 172 valence electrons. The summed E-state index contributed by atoms with van der Waals surface area (Å²) in [5.41, 5.74) is -0.639. The lowest BCUT2D eigenvalue weighted by Crippen LogP contribution is -2.18. The molecular weight excluding hydrogens is 433 g/mol. The van der Waals surface area contributed by atoms with Gasteiger partial charge in [-0.05, 0) is 7.05 Å². The molecule has 0 aromatic carbocycles. The Balaban J connectivity index is 3.59. The summed E-state index contributed by atoms with van der Waals surface area (Å²) in [5, 5.41) is 3.33. The highest BCUT2D eigenvalue weighted by atomic mass is 32.2. The van der Waals surface area contributed by atoms with Crippen LogP contribution in [0.1, 0.15) is 41.5 Å². The van der Waals surface area contributed by atoms with Crippen LogP contribution in [0.5, 0.6) is 0 Å². The average molecular weight is 472 g/mol. The Morgan fingerprint density at radius 1 is 0.724 bits per heavy atom. The molecular formula is C19H38NO6PS2. The zero-order valence-corrected chi connectivity index (χ0v) is 21.4. The normalized spacial score (nSPS) is 12.6. The first kappa shape index (κ1) is 29.3. The number of hydrogen-bond donors (Lipinski definition) is 1. The first-order valence-electron chi connectivity index (χ1n) is 9.71. The van der Waals surface area contributed by atoms with E-state index in [0.29, 0.717) is 51.1 Å². The Morgan fingerprint density at radius 3 is 1.41 bits per heavy atom. The topological polar surface area (TPSA) is 83.1 Å². The highest BCUT2D eigenvalue weighted by molar-refractivity contribution is 8.14. The minimum atomic E-state index is -1.19. The molecule has 0 rings (SSSR count). The molecule has 0 fully saturated rings. The van der Waals surface area contributed by atoms with Crippen molar-refractivity contribution < 1.29 is 28.1 Å². The van der Waals surface area contributed by atoms with E-state index >= 15 is 0 Å². The second-order valence-electron chi connectivity index (χ2n) is 8.14. The van der Waals surface area contributed by atoms with Crippen LogP contribution in [0.2, 0.25) is 0 Å². The van der Waals surface area contributed by atoms with Crippen molar-refractivity contribution in [2.45, 2.75) is 41.5 Å². The Bertz CT molecular complexity index is 429. The van der Waals surface area contributed by atoms with Crippen molar-refractivity contribution in [3.05, 3.63) is 0 Å². The number of carbonyl (C=O) groups is 2. The lowest BCUT2D eigenvalue weighted by Gasteiger charge is -2.17. The largest absolute Gasteiger partial charge is 0.378 e. The van der Waals surface area contributed by atoms with Crippen LogP contribution in [0.25, 0.3) is 0 Å². The monoisotopic (exact) mass is 471 g/mol. The third kappa shape index (κ3) is 16.6. The number of ether oxygens (including phenoxy) is 2. The van der Waals surface area contributed by atoms with Crippen molar-refractivity contribution in [1.82, 2.24) is 5.09 Å². The molecule has 0 bridgehead atoms. The molecule has 10 heteroatoms. The summed E-state index contributed by atoms with van der Waals surface area (Å²) in [6, 6.07) is 0. The van der Waals surface area contributed by atoms with E-state index in [1.807, 2.05) is 41.5 Å². The van der Waals surface area contributed by atoms with Crippen molar-refractivity contribution in [3.63, 3.8) is 0 Å². The smallest absolute Gasteiger partial charge is 0.255 e. The van der Waals surface area contributed by atoms with Gasteiger partial charge in [0, 0.05) is 22.3 Å². The standard InChI is InChI=1S/C19H38NO6PS2/c1-18(2,3)16(21)28-14-12-23-8-10-25-27(20-7)26-11-9-24-13-15-29-17(22)19(4,5)6/h20H,8-15H2,1-7H3. The minimum absolute atomic E-state index is 0.172. The van der Waals surface area contributed by atoms with Crippen LogP contribution in [-0.4, -0.2) is 68.4 Å². The fraction of sp³-hybridized carbons (Fsp3) is 0.895. The number of nitrogens with one attached hydrogen (secondary N) is 1. The Morgan fingerprint density at radius 2 is 1.10 bits per heavy atom. The van der Waals surface area contributed by atoms with Gasteiger partial charge in [-0.1, -0.05) is 65.1 Å². The summed E-state index contributed by atoms with van der Waals surface area (Å²) < 4.78 is 22.2. The first-order chi connectivity index (χ1) is 13.5. The minimum Gasteiger partial charge on any atom is -0.378 e. The molecule has 0 aliphatic carbocycles. The number of hydrogen-bond acceptors (Lipinski definition) is 9. The lowest BCUT2D eigenvalue weighted by atomic mass is 9.99. The number of thioether (sulfide) groups is 2. The summed E-state index contributed by atoms with van der Waals surface area (Å²) in [6.45, 7) is 14.2. The van der Waals surface area contributed by atoms with Crippen LogP contribution in [0.3, 0.4) is 0 Å². The zero-order valence-electron chi connectivity index (χ0n) is 18.9. The molecule has 0 amide bonds. The predicted molar refractivity (Wildman–Crippen MR) is 123 cm³/mol. The lowest BCUT2D eigenvalue weighted by molar-refractivity contribution is -0.118. The fourth-order valence-corrected chi connectivity index (χ4v) is 4.00. The Kier molecular flexibility index (Phi) is 16.1. The van der Waals surface area contributed by atoms with Gasteiger partial charge in [0.25, 0.3) is 8.53 Å². The van der Waals surface area contributed by atoms with E-state index < -0.39 is 8.53 Å². The van der Waals surface area contributed by atoms with E-state index in [1.54, 1.807) is 7.05 Å². The van der Waals surface area contributed by atoms with E-state index in [4.69, 9.17) is 18.5 Å². The van der Waals surface area contributed by atoms with Crippen molar-refractivity contribution in [2.24, 2.45) is 10.8 Å². The van der Waals surface area contributed by atoms with Crippen LogP contribution in [-0.2, 0) is 28.1 Å². The van der Waals surface area contributed by atoms with Crippen LogP contribution >= 0.6 is 32.0 Å². The van der Waals surface area contributed by atoms with Gasteiger partial charge < -0.3 is 18.5 Å². The zero-order chi connectivity index (χ0) is 22.3. The van der Waals surface area contributed by atoms with Gasteiger partial charge in [-0.2, -0.15) is 0 Å². The van der Waals surface area contributed by atoms with Gasteiger partial charge in [0.15, 0.2) is 10.2 Å². The van der Waals surface area contributed by atoms with E-state index in [0.717, 1.165) is 0 Å². The van der Waals surface area contributed by atoms with Gasteiger partial charge >= 0.3 is 0 Å². The maximum Gasteiger partial charge on any atom is 0.255 e. The number of carbonyl (C=O) groups excluding carboxylic acids is 2. The molecule has 0 saturated heterocycles. The molecule has 7 nitrogen and oxygen atoms in total. The van der Waals surface area contributed by atoms with E-state index in [2.05, 4.69) is 5.09 Å². The van der Waals surface area contributed by atoms with Gasteiger partial charge in [-0.25, -0.2) is 0 Å². The van der Waals surface area contributed by atoms with Gasteiger partial charge in [0.2, 0.25) is 0 Å². The number of rotatable bonds is 15. The molecule has 0 radical (unpaired) electrons. The molecule has 0 unspecified atom stereocenters. The molecule has 0 aromatic rings. The van der Waals surface area contributed by atoms with Gasteiger partial charge in [0.05, 0.1) is 39.6 Å². The maximum atomic E-state index is 11.8. The summed E-state index contributed by atoms with van der Waals surface area (Å²) >= 11 is 2.60. The van der Waals surface area contributed by atoms with E-state index in [-0.39, 0.29) is 21.1 Å². The summed E-state index contributed by atoms with van der Waals surface area (Å²) in [7, 11) is 0.587. The first-order valence-corrected chi connectivity index (χ1v) is 12.9. The van der Waals surface area contributed by atoms with Crippen molar-refractivity contribution in [2.75, 3.05) is 58.2 Å². The molecule has 0 atom stereocenters. The molecule has 0 heterocycles. The third-order valence-corrected chi connectivity index (χ3v) is 6.89. The quantitative estimate of drug-likeness (QED) is 0.280. The summed E-state index contributed by atoms with van der Waals surface area (Å²) in [5.74, 6) is 1.29. The second kappa shape index (κ2) is 16.0. The SMILES string of the molecule is CNP(OCCOCCSC(=O)C(C)(C)C)OCCOCCSC(=O)C(C)(C)C. The Labute approximate surface area is 186 Å². The van der Waals surface area contributed by atoms with E-state index in [1.165, 1.54) is 23.5 Å². The summed E-state index contributed by atoms with van der Waals surface area (Å²) in [4.78, 5) is 23.5. The van der Waals surface area contributed by atoms with Crippen molar-refractivity contribution >= 4 is 42.3 Å². The van der Waals surface area contributed by atoms with E-state index in [9.17, 15) is 9.59 Å². The van der Waals surface area contributed by atoms with Gasteiger partial charge in [-0.15, -0.1) is 0 Å². The fourth-order valence-electron chi connectivity index (χ4n) is 1.55. The highest BCUT2D eigenvalue weighted by Gasteiger charge is 2.21. The second-order valence-corrected chi connectivity index (χ2v) is 11.8. The average Bonchev–Trinajstić information content (AvgIpc) is 2.62. The molecule has 0 aliphatic heterocycles. The summed E-state index contributed by atoms with van der Waals surface area (Å²) in [6.07, 6.45) is 0. The highest BCUT2D eigenvalue weighted by Crippen LogP contribution is 2.31. The van der Waals surface area contributed by atoms with Gasteiger partial charge in [-0.3, -0.25) is 14.7 Å². The van der Waals surface area contributed by atoms with Crippen molar-refractivity contribution in [1.29, 1.82) is 0 Å². The maximum absolute atomic E-state index is 11.8. The van der Waals surface area contributed by atoms with Crippen LogP contribution in [0.4, 0.5) is 0 Å². The third-order valence-electron chi connectivity index (χ3n) is 3.20. The molecule has 0 aromatic heterocycles. The van der Waals surface area contributed by atoms with Crippen LogP contribution in [0, 0.1) is 10.8 Å². The van der Waals surface area contributed by atoms with Crippen LogP contribution in [0.15, 0.2) is 0 Å². The van der Waals surface area contributed by atoms with Crippen LogP contribution < -0.4 is 5.09 Å². The molecule has 0 aliphatic rings. The molecule has 0 saturated carbocycles. The van der Waals surface area contributed by atoms with Gasteiger partial charge in [0.1, 0.15) is 0 Å². The Hall–Kier alpha value is 0.270. The van der Waals surface area contributed by atoms with Crippen molar-refractivity contribution in [3.8, 4) is 0 Å². The molecule has 1 N–H and O–H groups in total. The predicted octanol–water partition coefficient (Wildman–Crippen LogP) is 4.11. The molecule has 29 heavy (non-hydrogen) atoms.